The van der Waals surface area contributed by atoms with Crippen molar-refractivity contribution in [3.8, 4) is 0 Å². The monoisotopic (exact) mass is 281 g/mol. The summed E-state index contributed by atoms with van der Waals surface area (Å²) in [7, 11) is 0. The van der Waals surface area contributed by atoms with Crippen LogP contribution in [-0.2, 0) is 13.0 Å². The standard InChI is InChI=1S/C20H27N/c1-6-18-7-9-19(10-8-18)13-21-17(5)20-15(3)11-14(2)12-16(20)4/h7-12,17,21H,6,13H2,1-5H3. The van der Waals surface area contributed by atoms with Gasteiger partial charge in [0.15, 0.2) is 0 Å². The number of hydrogen-bond donors (Lipinski definition) is 1. The van der Waals surface area contributed by atoms with E-state index in [1.54, 1.807) is 0 Å². The molecule has 1 unspecified atom stereocenters. The molecule has 1 atom stereocenters. The molecule has 0 saturated carbocycles. The third kappa shape index (κ3) is 3.95. The molecule has 21 heavy (non-hydrogen) atoms. The zero-order valence-electron chi connectivity index (χ0n) is 14.0. The van der Waals surface area contributed by atoms with Gasteiger partial charge in [-0.15, -0.1) is 0 Å². The van der Waals surface area contributed by atoms with Gasteiger partial charge in [0.1, 0.15) is 0 Å². The van der Waals surface area contributed by atoms with Crippen molar-refractivity contribution in [2.24, 2.45) is 0 Å². The average molecular weight is 281 g/mol. The molecule has 0 radical (unpaired) electrons. The van der Waals surface area contributed by atoms with Gasteiger partial charge in [-0.1, -0.05) is 48.9 Å². The Labute approximate surface area is 129 Å². The fourth-order valence-electron chi connectivity index (χ4n) is 3.14. The molecular formula is C20H27N. The van der Waals surface area contributed by atoms with Crippen LogP contribution in [0.4, 0.5) is 0 Å². The minimum atomic E-state index is 0.372. The van der Waals surface area contributed by atoms with Crippen LogP contribution in [0.25, 0.3) is 0 Å². The second-order valence-corrected chi connectivity index (χ2v) is 6.09. The topological polar surface area (TPSA) is 12.0 Å². The molecule has 0 aliphatic carbocycles. The van der Waals surface area contributed by atoms with E-state index < -0.39 is 0 Å². The summed E-state index contributed by atoms with van der Waals surface area (Å²) in [4.78, 5) is 0. The molecule has 2 aromatic carbocycles. The van der Waals surface area contributed by atoms with Crippen molar-refractivity contribution in [1.82, 2.24) is 5.32 Å². The minimum absolute atomic E-state index is 0.372. The van der Waals surface area contributed by atoms with Gasteiger partial charge in [-0.05, 0) is 61.9 Å². The van der Waals surface area contributed by atoms with Crippen LogP contribution in [0.2, 0.25) is 0 Å². The summed E-state index contributed by atoms with van der Waals surface area (Å²) in [6.07, 6.45) is 1.10. The van der Waals surface area contributed by atoms with Crippen molar-refractivity contribution < 1.29 is 0 Å². The summed E-state index contributed by atoms with van der Waals surface area (Å²) in [5.74, 6) is 0. The van der Waals surface area contributed by atoms with E-state index >= 15 is 0 Å². The predicted molar refractivity (Wildman–Crippen MR) is 91.7 cm³/mol. The van der Waals surface area contributed by atoms with Gasteiger partial charge in [0, 0.05) is 12.6 Å². The van der Waals surface area contributed by atoms with E-state index in [1.807, 2.05) is 0 Å². The number of rotatable bonds is 5. The van der Waals surface area contributed by atoms with E-state index in [1.165, 1.54) is 33.4 Å². The molecule has 0 amide bonds. The quantitative estimate of drug-likeness (QED) is 0.811. The maximum Gasteiger partial charge on any atom is 0.0300 e. The van der Waals surface area contributed by atoms with Crippen LogP contribution in [0.5, 0.6) is 0 Å². The fourth-order valence-corrected chi connectivity index (χ4v) is 3.14. The SMILES string of the molecule is CCc1ccc(CNC(C)c2c(C)cc(C)cc2C)cc1. The lowest BCUT2D eigenvalue weighted by atomic mass is 9.95. The van der Waals surface area contributed by atoms with Gasteiger partial charge in [0.05, 0.1) is 0 Å². The normalized spacial score (nSPS) is 12.4. The molecule has 0 spiro atoms. The van der Waals surface area contributed by atoms with Crippen LogP contribution in [0, 0.1) is 20.8 Å². The number of hydrogen-bond acceptors (Lipinski definition) is 1. The summed E-state index contributed by atoms with van der Waals surface area (Å²) in [5.41, 5.74) is 8.29. The Kier molecular flexibility index (Phi) is 5.19. The molecule has 1 heteroatoms. The molecule has 1 nitrogen and oxygen atoms in total. The highest BCUT2D eigenvalue weighted by Gasteiger charge is 2.11. The second-order valence-electron chi connectivity index (χ2n) is 6.09. The van der Waals surface area contributed by atoms with E-state index in [2.05, 4.69) is 76.3 Å². The lowest BCUT2D eigenvalue weighted by molar-refractivity contribution is 0.569. The van der Waals surface area contributed by atoms with Gasteiger partial charge >= 0.3 is 0 Å². The number of benzene rings is 2. The van der Waals surface area contributed by atoms with Gasteiger partial charge in [0.2, 0.25) is 0 Å². The van der Waals surface area contributed by atoms with Crippen molar-refractivity contribution in [3.05, 3.63) is 69.8 Å². The van der Waals surface area contributed by atoms with Gasteiger partial charge < -0.3 is 5.32 Å². The van der Waals surface area contributed by atoms with Crippen LogP contribution in [0.1, 0.15) is 53.3 Å². The predicted octanol–water partition coefficient (Wildman–Crippen LogP) is 5.03. The van der Waals surface area contributed by atoms with Crippen LogP contribution in [0.3, 0.4) is 0 Å². The first-order valence-corrected chi connectivity index (χ1v) is 7.90. The maximum absolute atomic E-state index is 3.65. The van der Waals surface area contributed by atoms with Crippen LogP contribution in [-0.4, -0.2) is 0 Å². The summed E-state index contributed by atoms with van der Waals surface area (Å²) in [6, 6.07) is 13.8. The van der Waals surface area contributed by atoms with E-state index in [4.69, 9.17) is 0 Å². The molecule has 0 bridgehead atoms. The first-order chi connectivity index (χ1) is 10.0. The first kappa shape index (κ1) is 15.8. The third-order valence-corrected chi connectivity index (χ3v) is 4.21. The molecule has 1 N–H and O–H groups in total. The average Bonchev–Trinajstić information content (AvgIpc) is 2.44. The third-order valence-electron chi connectivity index (χ3n) is 4.21. The number of aryl methyl sites for hydroxylation is 4. The molecule has 0 fully saturated rings. The Morgan fingerprint density at radius 2 is 1.43 bits per heavy atom. The second kappa shape index (κ2) is 6.91. The molecule has 112 valence electrons. The van der Waals surface area contributed by atoms with Crippen LogP contribution < -0.4 is 5.32 Å². The molecule has 0 aliphatic rings. The Hall–Kier alpha value is -1.60. The molecule has 2 rings (SSSR count). The van der Waals surface area contributed by atoms with Crippen molar-refractivity contribution in [2.45, 2.75) is 53.6 Å². The molecule has 0 saturated heterocycles. The Morgan fingerprint density at radius 1 is 0.905 bits per heavy atom. The van der Waals surface area contributed by atoms with Gasteiger partial charge in [-0.2, -0.15) is 0 Å². The first-order valence-electron chi connectivity index (χ1n) is 7.90. The summed E-state index contributed by atoms with van der Waals surface area (Å²) >= 11 is 0. The molecule has 0 aromatic heterocycles. The van der Waals surface area contributed by atoms with E-state index in [0.29, 0.717) is 6.04 Å². The molecule has 0 heterocycles. The highest BCUT2D eigenvalue weighted by atomic mass is 14.9. The van der Waals surface area contributed by atoms with Crippen LogP contribution in [0.15, 0.2) is 36.4 Å². The van der Waals surface area contributed by atoms with Crippen molar-refractivity contribution in [1.29, 1.82) is 0 Å². The number of nitrogens with one attached hydrogen (secondary N) is 1. The molecular weight excluding hydrogens is 254 g/mol. The Morgan fingerprint density at radius 3 is 1.95 bits per heavy atom. The largest absolute Gasteiger partial charge is 0.306 e. The Bertz CT molecular complexity index is 573. The minimum Gasteiger partial charge on any atom is -0.306 e. The fraction of sp³-hybridized carbons (Fsp3) is 0.400. The van der Waals surface area contributed by atoms with E-state index in [-0.39, 0.29) is 0 Å². The van der Waals surface area contributed by atoms with Gasteiger partial charge in [-0.3, -0.25) is 0 Å². The van der Waals surface area contributed by atoms with E-state index in [9.17, 15) is 0 Å². The zero-order chi connectivity index (χ0) is 15.4. The summed E-state index contributed by atoms with van der Waals surface area (Å²) in [5, 5.41) is 3.65. The van der Waals surface area contributed by atoms with E-state index in [0.717, 1.165) is 13.0 Å². The van der Waals surface area contributed by atoms with Gasteiger partial charge in [-0.25, -0.2) is 0 Å². The molecule has 2 aromatic rings. The van der Waals surface area contributed by atoms with Gasteiger partial charge in [0.25, 0.3) is 0 Å². The molecule has 0 aliphatic heterocycles. The van der Waals surface area contributed by atoms with Crippen molar-refractivity contribution >= 4 is 0 Å². The lowest BCUT2D eigenvalue weighted by Crippen LogP contribution is -2.20. The van der Waals surface area contributed by atoms with Crippen molar-refractivity contribution in [2.75, 3.05) is 0 Å². The van der Waals surface area contributed by atoms with Crippen LogP contribution >= 0.6 is 0 Å². The zero-order valence-corrected chi connectivity index (χ0v) is 14.0. The summed E-state index contributed by atoms with van der Waals surface area (Å²) in [6.45, 7) is 11.9. The highest BCUT2D eigenvalue weighted by Crippen LogP contribution is 2.23. The van der Waals surface area contributed by atoms with Crippen molar-refractivity contribution in [3.63, 3.8) is 0 Å². The highest BCUT2D eigenvalue weighted by molar-refractivity contribution is 5.39. The Balaban J connectivity index is 2.06. The smallest absolute Gasteiger partial charge is 0.0300 e. The summed E-state index contributed by atoms with van der Waals surface area (Å²) < 4.78 is 0. The lowest BCUT2D eigenvalue weighted by Gasteiger charge is -2.20. The maximum atomic E-state index is 3.65.